The van der Waals surface area contributed by atoms with Crippen molar-refractivity contribution < 1.29 is 15.0 Å². The van der Waals surface area contributed by atoms with Crippen LogP contribution in [0.2, 0.25) is 0 Å². The molecule has 3 N–H and O–H groups in total. The zero-order valence-corrected chi connectivity index (χ0v) is 16.7. The van der Waals surface area contributed by atoms with Gasteiger partial charge in [0.2, 0.25) is 0 Å². The summed E-state index contributed by atoms with van der Waals surface area (Å²) in [7, 11) is 0. The molecule has 4 rings (SSSR count). The van der Waals surface area contributed by atoms with Crippen LogP contribution >= 0.6 is 11.3 Å². The fourth-order valence-corrected chi connectivity index (χ4v) is 4.07. The first-order chi connectivity index (χ1) is 13.9. The summed E-state index contributed by atoms with van der Waals surface area (Å²) in [6.45, 7) is 4.32. The fraction of sp³-hybridized carbons (Fsp3) is 0.136. The monoisotopic (exact) mass is 405 g/mol. The van der Waals surface area contributed by atoms with Crippen LogP contribution in [0.1, 0.15) is 35.7 Å². The molecule has 0 bridgehead atoms. The largest absolute Gasteiger partial charge is 0.507 e. The van der Waals surface area contributed by atoms with E-state index in [1.165, 1.54) is 35.4 Å². The zero-order chi connectivity index (χ0) is 20.5. The van der Waals surface area contributed by atoms with E-state index >= 15 is 0 Å². The number of anilines is 2. The average molecular weight is 405 g/mol. The van der Waals surface area contributed by atoms with Crippen molar-refractivity contribution in [3.05, 3.63) is 65.3 Å². The first kappa shape index (κ1) is 18.9. The van der Waals surface area contributed by atoms with Crippen molar-refractivity contribution in [2.24, 2.45) is 0 Å². The molecule has 7 heteroatoms. The van der Waals surface area contributed by atoms with Gasteiger partial charge in [-0.1, -0.05) is 38.1 Å². The van der Waals surface area contributed by atoms with Gasteiger partial charge in [-0.05, 0) is 35.2 Å². The number of fused-ring (bicyclic) bond motifs is 1. The number of aromatic hydroxyl groups is 1. The Morgan fingerprint density at radius 3 is 2.55 bits per heavy atom. The molecule has 0 fully saturated rings. The number of nitrogens with one attached hydrogen (secondary N) is 1. The molecule has 0 aliphatic carbocycles. The molecule has 0 saturated carbocycles. The molecule has 2 aromatic heterocycles. The van der Waals surface area contributed by atoms with Crippen LogP contribution in [0, 0.1) is 0 Å². The third kappa shape index (κ3) is 3.64. The second-order valence-electron chi connectivity index (χ2n) is 6.99. The van der Waals surface area contributed by atoms with E-state index in [1.54, 1.807) is 6.07 Å². The number of carboxylic acids is 1. The van der Waals surface area contributed by atoms with Crippen molar-refractivity contribution in [1.82, 2.24) is 9.97 Å². The predicted molar refractivity (Wildman–Crippen MR) is 115 cm³/mol. The first-order valence-electron chi connectivity index (χ1n) is 9.10. The van der Waals surface area contributed by atoms with E-state index in [4.69, 9.17) is 0 Å². The van der Waals surface area contributed by atoms with Gasteiger partial charge in [0.05, 0.1) is 5.39 Å². The summed E-state index contributed by atoms with van der Waals surface area (Å²) in [5.41, 5.74) is 3.70. The van der Waals surface area contributed by atoms with Crippen molar-refractivity contribution >= 4 is 39.0 Å². The Kier molecular flexibility index (Phi) is 4.90. The minimum atomic E-state index is -1.19. The Labute approximate surface area is 171 Å². The van der Waals surface area contributed by atoms with Crippen molar-refractivity contribution in [2.75, 3.05) is 5.32 Å². The summed E-state index contributed by atoms with van der Waals surface area (Å²) in [6, 6.07) is 12.8. The minimum Gasteiger partial charge on any atom is -0.507 e. The number of carboxylic acid groups (broad SMARTS) is 1. The Balaban J connectivity index is 1.77. The standard InChI is InChI=1S/C22H19N3O3S/c1-12(2)13-3-5-14(6-4-13)17-10-29-21-19(17)20(23-11-24-21)25-15-7-8-18(26)16(9-15)22(27)28/h3-12,26H,1-2H3,(H,27,28)(H,23,24,25). The second-order valence-corrected chi connectivity index (χ2v) is 7.85. The number of thiophene rings is 1. The maximum atomic E-state index is 11.3. The van der Waals surface area contributed by atoms with Crippen LogP contribution in [0.4, 0.5) is 11.5 Å². The number of aromatic carboxylic acids is 1. The van der Waals surface area contributed by atoms with E-state index in [0.717, 1.165) is 21.3 Å². The molecule has 0 spiro atoms. The van der Waals surface area contributed by atoms with Gasteiger partial charge in [-0.25, -0.2) is 14.8 Å². The van der Waals surface area contributed by atoms with E-state index in [9.17, 15) is 15.0 Å². The smallest absolute Gasteiger partial charge is 0.339 e. The lowest BCUT2D eigenvalue weighted by atomic mass is 9.99. The molecule has 0 atom stereocenters. The Bertz CT molecular complexity index is 1200. The van der Waals surface area contributed by atoms with Gasteiger partial charge in [-0.3, -0.25) is 0 Å². The van der Waals surface area contributed by atoms with Crippen LogP contribution < -0.4 is 5.32 Å². The lowest BCUT2D eigenvalue weighted by molar-refractivity contribution is 0.0694. The van der Waals surface area contributed by atoms with Crippen LogP contribution in [0.15, 0.2) is 54.2 Å². The SMILES string of the molecule is CC(C)c1ccc(-c2csc3ncnc(Nc4ccc(O)c(C(=O)O)c4)c23)cc1. The summed E-state index contributed by atoms with van der Waals surface area (Å²) >= 11 is 1.53. The van der Waals surface area contributed by atoms with Crippen molar-refractivity contribution in [2.45, 2.75) is 19.8 Å². The maximum absolute atomic E-state index is 11.3. The van der Waals surface area contributed by atoms with Gasteiger partial charge in [-0.2, -0.15) is 0 Å². The second kappa shape index (κ2) is 7.52. The molecular formula is C22H19N3O3S. The van der Waals surface area contributed by atoms with E-state index in [2.05, 4.69) is 58.8 Å². The van der Waals surface area contributed by atoms with Crippen LogP contribution in [0.25, 0.3) is 21.3 Å². The highest BCUT2D eigenvalue weighted by Gasteiger charge is 2.15. The molecular weight excluding hydrogens is 386 g/mol. The first-order valence-corrected chi connectivity index (χ1v) is 9.98. The number of benzene rings is 2. The molecule has 0 amide bonds. The van der Waals surface area contributed by atoms with Crippen LogP contribution in [-0.4, -0.2) is 26.2 Å². The lowest BCUT2D eigenvalue weighted by Crippen LogP contribution is -2.00. The van der Waals surface area contributed by atoms with Gasteiger partial charge in [0, 0.05) is 16.6 Å². The normalized spacial score (nSPS) is 11.1. The van der Waals surface area contributed by atoms with Gasteiger partial charge >= 0.3 is 5.97 Å². The molecule has 2 aromatic carbocycles. The predicted octanol–water partition coefficient (Wildman–Crippen LogP) is 5.63. The van der Waals surface area contributed by atoms with E-state index in [0.29, 0.717) is 17.4 Å². The van der Waals surface area contributed by atoms with Gasteiger partial charge in [-0.15, -0.1) is 11.3 Å². The number of aromatic nitrogens is 2. The van der Waals surface area contributed by atoms with Crippen LogP contribution in [0.3, 0.4) is 0 Å². The molecule has 29 heavy (non-hydrogen) atoms. The zero-order valence-electron chi connectivity index (χ0n) is 15.9. The third-order valence-electron chi connectivity index (χ3n) is 4.75. The molecule has 146 valence electrons. The Morgan fingerprint density at radius 1 is 1.10 bits per heavy atom. The van der Waals surface area contributed by atoms with E-state index in [1.807, 2.05) is 0 Å². The minimum absolute atomic E-state index is 0.171. The average Bonchev–Trinajstić information content (AvgIpc) is 3.14. The number of phenols is 1. The van der Waals surface area contributed by atoms with Crippen molar-refractivity contribution in [3.8, 4) is 16.9 Å². The van der Waals surface area contributed by atoms with Gasteiger partial charge in [0.15, 0.2) is 0 Å². The van der Waals surface area contributed by atoms with Gasteiger partial charge in [0.25, 0.3) is 0 Å². The summed E-state index contributed by atoms with van der Waals surface area (Å²) in [5, 5.41) is 25.1. The molecule has 0 unspecified atom stereocenters. The van der Waals surface area contributed by atoms with Gasteiger partial charge < -0.3 is 15.5 Å². The highest BCUT2D eigenvalue weighted by molar-refractivity contribution is 7.17. The highest BCUT2D eigenvalue weighted by atomic mass is 32.1. The molecule has 0 aliphatic heterocycles. The third-order valence-corrected chi connectivity index (χ3v) is 5.63. The highest BCUT2D eigenvalue weighted by Crippen LogP contribution is 2.38. The number of hydrogen-bond acceptors (Lipinski definition) is 6. The molecule has 0 saturated heterocycles. The fourth-order valence-electron chi connectivity index (χ4n) is 3.15. The summed E-state index contributed by atoms with van der Waals surface area (Å²) in [6.07, 6.45) is 1.48. The molecule has 0 radical (unpaired) electrons. The van der Waals surface area contributed by atoms with Crippen LogP contribution in [0.5, 0.6) is 5.75 Å². The van der Waals surface area contributed by atoms with Crippen molar-refractivity contribution in [3.63, 3.8) is 0 Å². The Morgan fingerprint density at radius 2 is 1.86 bits per heavy atom. The van der Waals surface area contributed by atoms with E-state index < -0.39 is 5.97 Å². The molecule has 4 aromatic rings. The molecule has 2 heterocycles. The quantitative estimate of drug-likeness (QED) is 0.373. The number of rotatable bonds is 5. The summed E-state index contributed by atoms with van der Waals surface area (Å²) < 4.78 is 0. The summed E-state index contributed by atoms with van der Waals surface area (Å²) in [4.78, 5) is 20.9. The number of nitrogens with zero attached hydrogens (tertiary/aromatic N) is 2. The van der Waals surface area contributed by atoms with Crippen LogP contribution in [-0.2, 0) is 0 Å². The molecule has 6 nitrogen and oxygen atoms in total. The topological polar surface area (TPSA) is 95.3 Å². The Hall–Kier alpha value is -3.45. The number of carbonyl (C=O) groups is 1. The summed E-state index contributed by atoms with van der Waals surface area (Å²) in [5.74, 6) is -0.430. The van der Waals surface area contributed by atoms with Gasteiger partial charge in [0.1, 0.15) is 28.3 Å². The maximum Gasteiger partial charge on any atom is 0.339 e. The van der Waals surface area contributed by atoms with E-state index in [-0.39, 0.29) is 11.3 Å². The van der Waals surface area contributed by atoms with Crippen molar-refractivity contribution in [1.29, 1.82) is 0 Å². The number of hydrogen-bond donors (Lipinski definition) is 3. The molecule has 0 aliphatic rings. The lowest BCUT2D eigenvalue weighted by Gasteiger charge is -2.10.